The zero-order valence-corrected chi connectivity index (χ0v) is 7.04. The van der Waals surface area contributed by atoms with Crippen LogP contribution >= 0.6 is 0 Å². The largest absolute Gasteiger partial charge is 0.388 e. The summed E-state index contributed by atoms with van der Waals surface area (Å²) in [6, 6.07) is 0. The molecule has 1 aliphatic heterocycles. The third-order valence-electron chi connectivity index (χ3n) is 2.04. The lowest BCUT2D eigenvalue weighted by Gasteiger charge is -2.38. The average Bonchev–Trinajstić information content (AvgIpc) is 2.08. The third-order valence-corrected chi connectivity index (χ3v) is 2.04. The van der Waals surface area contributed by atoms with Crippen molar-refractivity contribution in [3.05, 3.63) is 0 Å². The van der Waals surface area contributed by atoms with Gasteiger partial charge >= 0.3 is 0 Å². The Morgan fingerprint density at radius 3 is 2.17 bits per heavy atom. The minimum atomic E-state index is -1.21. The van der Waals surface area contributed by atoms with Gasteiger partial charge < -0.3 is 24.8 Å². The molecule has 1 saturated heterocycles. The summed E-state index contributed by atoms with van der Waals surface area (Å²) in [5, 5.41) is 27.8. The van der Waals surface area contributed by atoms with Gasteiger partial charge in [-0.2, -0.15) is 0 Å². The second-order valence-corrected chi connectivity index (χ2v) is 2.92. The smallest absolute Gasteiger partial charge is 0.186 e. The van der Waals surface area contributed by atoms with Crippen molar-refractivity contribution < 1.29 is 24.8 Å². The van der Waals surface area contributed by atoms with Crippen LogP contribution < -0.4 is 0 Å². The van der Waals surface area contributed by atoms with E-state index in [1.54, 1.807) is 6.92 Å². The lowest BCUT2D eigenvalue weighted by molar-refractivity contribution is -0.286. The molecule has 1 fully saturated rings. The number of hydrogen-bond acceptors (Lipinski definition) is 5. The normalized spacial score (nSPS) is 49.2. The molecule has 0 bridgehead atoms. The Morgan fingerprint density at radius 1 is 1.08 bits per heavy atom. The van der Waals surface area contributed by atoms with Crippen LogP contribution in [0.15, 0.2) is 0 Å². The molecule has 1 rings (SSSR count). The van der Waals surface area contributed by atoms with Gasteiger partial charge in [-0.3, -0.25) is 0 Å². The highest BCUT2D eigenvalue weighted by Crippen LogP contribution is 2.20. The van der Waals surface area contributed by atoms with Crippen LogP contribution in [0.5, 0.6) is 0 Å². The molecule has 0 spiro atoms. The van der Waals surface area contributed by atoms with Crippen LogP contribution in [0.4, 0.5) is 0 Å². The number of methoxy groups -OCH3 is 1. The van der Waals surface area contributed by atoms with Crippen LogP contribution in [-0.2, 0) is 9.47 Å². The SMILES string of the molecule is CO[C@@H]1O[C@@H](C)[C@H](O)[C@@H](O)[C@@H]1O. The van der Waals surface area contributed by atoms with Crippen molar-refractivity contribution in [1.82, 2.24) is 0 Å². The van der Waals surface area contributed by atoms with Gasteiger partial charge in [-0.25, -0.2) is 0 Å². The van der Waals surface area contributed by atoms with Crippen molar-refractivity contribution in [2.24, 2.45) is 0 Å². The Balaban J connectivity index is 2.63. The first kappa shape index (κ1) is 9.88. The van der Waals surface area contributed by atoms with E-state index >= 15 is 0 Å². The molecule has 5 heteroatoms. The molecule has 0 unspecified atom stereocenters. The molecule has 0 radical (unpaired) electrons. The molecule has 0 amide bonds. The number of aliphatic hydroxyl groups excluding tert-OH is 3. The van der Waals surface area contributed by atoms with Crippen LogP contribution in [0, 0.1) is 0 Å². The van der Waals surface area contributed by atoms with E-state index in [0.29, 0.717) is 0 Å². The Bertz CT molecular complexity index is 146. The lowest BCUT2D eigenvalue weighted by atomic mass is 10.0. The minimum Gasteiger partial charge on any atom is -0.388 e. The average molecular weight is 178 g/mol. The molecule has 72 valence electrons. The fourth-order valence-electron chi connectivity index (χ4n) is 1.21. The molecule has 12 heavy (non-hydrogen) atoms. The number of rotatable bonds is 1. The Hall–Kier alpha value is -0.200. The standard InChI is InChI=1S/C7H14O5/c1-3-4(8)5(9)6(10)7(11-2)12-3/h3-10H,1-2H3/t3-,4-,5+,6-,7+/m0/s1. The number of aliphatic hydroxyl groups is 3. The van der Waals surface area contributed by atoms with E-state index in [-0.39, 0.29) is 0 Å². The summed E-state index contributed by atoms with van der Waals surface area (Å²) in [7, 11) is 1.37. The van der Waals surface area contributed by atoms with Gasteiger partial charge in [0.15, 0.2) is 6.29 Å². The Morgan fingerprint density at radius 2 is 1.67 bits per heavy atom. The second kappa shape index (κ2) is 3.68. The third kappa shape index (κ3) is 1.60. The summed E-state index contributed by atoms with van der Waals surface area (Å²) in [6.07, 6.45) is -4.86. The van der Waals surface area contributed by atoms with Gasteiger partial charge in [0, 0.05) is 7.11 Å². The summed E-state index contributed by atoms with van der Waals surface area (Å²) in [5.41, 5.74) is 0. The van der Waals surface area contributed by atoms with Crippen LogP contribution in [0.3, 0.4) is 0 Å². The van der Waals surface area contributed by atoms with Crippen molar-refractivity contribution in [2.75, 3.05) is 7.11 Å². The lowest BCUT2D eigenvalue weighted by Crippen LogP contribution is -2.57. The molecule has 0 aliphatic carbocycles. The molecular weight excluding hydrogens is 164 g/mol. The first-order valence-corrected chi connectivity index (χ1v) is 3.80. The molecule has 1 heterocycles. The van der Waals surface area contributed by atoms with Crippen LogP contribution in [-0.4, -0.2) is 53.1 Å². The zero-order chi connectivity index (χ0) is 9.30. The zero-order valence-electron chi connectivity index (χ0n) is 7.04. The van der Waals surface area contributed by atoms with Crippen molar-refractivity contribution in [1.29, 1.82) is 0 Å². The van der Waals surface area contributed by atoms with E-state index in [0.717, 1.165) is 0 Å². The maximum Gasteiger partial charge on any atom is 0.186 e. The predicted molar refractivity (Wildman–Crippen MR) is 39.4 cm³/mol. The fourth-order valence-corrected chi connectivity index (χ4v) is 1.21. The van der Waals surface area contributed by atoms with E-state index < -0.39 is 30.7 Å². The van der Waals surface area contributed by atoms with Gasteiger partial charge in [-0.1, -0.05) is 0 Å². The second-order valence-electron chi connectivity index (χ2n) is 2.92. The van der Waals surface area contributed by atoms with Crippen LogP contribution in [0.1, 0.15) is 6.92 Å². The highest BCUT2D eigenvalue weighted by molar-refractivity contribution is 4.86. The van der Waals surface area contributed by atoms with E-state index in [4.69, 9.17) is 9.47 Å². The van der Waals surface area contributed by atoms with Gasteiger partial charge in [-0.05, 0) is 6.92 Å². The number of ether oxygens (including phenoxy) is 2. The van der Waals surface area contributed by atoms with Crippen molar-refractivity contribution in [3.63, 3.8) is 0 Å². The fraction of sp³-hybridized carbons (Fsp3) is 1.00. The Kier molecular flexibility index (Phi) is 3.03. The first-order chi connectivity index (χ1) is 5.57. The summed E-state index contributed by atoms with van der Waals surface area (Å²) in [6.45, 7) is 1.60. The molecule has 0 aromatic carbocycles. The molecule has 5 atom stereocenters. The molecule has 1 aliphatic rings. The Labute approximate surface area is 70.5 Å². The summed E-state index contributed by atoms with van der Waals surface area (Å²) in [5.74, 6) is 0. The molecule has 0 aromatic rings. The van der Waals surface area contributed by atoms with Crippen molar-refractivity contribution in [3.8, 4) is 0 Å². The van der Waals surface area contributed by atoms with Gasteiger partial charge in [0.1, 0.15) is 18.3 Å². The number of hydrogen-bond donors (Lipinski definition) is 3. The van der Waals surface area contributed by atoms with Gasteiger partial charge in [-0.15, -0.1) is 0 Å². The monoisotopic (exact) mass is 178 g/mol. The van der Waals surface area contributed by atoms with E-state index in [1.807, 2.05) is 0 Å². The van der Waals surface area contributed by atoms with Crippen molar-refractivity contribution >= 4 is 0 Å². The summed E-state index contributed by atoms with van der Waals surface area (Å²) in [4.78, 5) is 0. The molecule has 0 saturated carbocycles. The minimum absolute atomic E-state index is 0.534. The van der Waals surface area contributed by atoms with Crippen molar-refractivity contribution in [2.45, 2.75) is 37.6 Å². The summed E-state index contributed by atoms with van der Waals surface area (Å²) < 4.78 is 9.80. The molecular formula is C7H14O5. The summed E-state index contributed by atoms with van der Waals surface area (Å²) >= 11 is 0. The van der Waals surface area contributed by atoms with Gasteiger partial charge in [0.05, 0.1) is 6.10 Å². The first-order valence-electron chi connectivity index (χ1n) is 3.80. The molecule has 5 nitrogen and oxygen atoms in total. The topological polar surface area (TPSA) is 79.2 Å². The van der Waals surface area contributed by atoms with E-state index in [9.17, 15) is 15.3 Å². The molecule has 3 N–H and O–H groups in total. The predicted octanol–water partition coefficient (Wildman–Crippen LogP) is -1.54. The van der Waals surface area contributed by atoms with Crippen LogP contribution in [0.2, 0.25) is 0 Å². The highest BCUT2D eigenvalue weighted by Gasteiger charge is 2.41. The highest BCUT2D eigenvalue weighted by atomic mass is 16.7. The van der Waals surface area contributed by atoms with E-state index in [2.05, 4.69) is 0 Å². The maximum absolute atomic E-state index is 9.27. The van der Waals surface area contributed by atoms with Gasteiger partial charge in [0.25, 0.3) is 0 Å². The quantitative estimate of drug-likeness (QED) is 0.453. The van der Waals surface area contributed by atoms with E-state index in [1.165, 1.54) is 7.11 Å². The maximum atomic E-state index is 9.27. The van der Waals surface area contributed by atoms with Crippen LogP contribution in [0.25, 0.3) is 0 Å². The van der Waals surface area contributed by atoms with Gasteiger partial charge in [0.2, 0.25) is 0 Å². The molecule has 0 aromatic heterocycles.